The monoisotopic (exact) mass is 345 g/mol. The summed E-state index contributed by atoms with van der Waals surface area (Å²) < 4.78 is 5.83. The fourth-order valence-corrected chi connectivity index (χ4v) is 2.81. The lowest BCUT2D eigenvalue weighted by Gasteiger charge is -2.12. The standard InChI is InChI=1S/C18H23N3O2S/c1-13-10-14(2)15(3)16(11-13)23-9-5-8-19-17(22)12-24-18-20-6-4-7-21-18/h4,6-7,10-11H,5,8-9,12H2,1-3H3,(H,19,22). The maximum atomic E-state index is 11.8. The Hall–Kier alpha value is -2.08. The fourth-order valence-electron chi connectivity index (χ4n) is 2.17. The molecule has 1 heterocycles. The van der Waals surface area contributed by atoms with Gasteiger partial charge in [-0.15, -0.1) is 0 Å². The SMILES string of the molecule is Cc1cc(C)c(C)c(OCCCNC(=O)CSc2ncccn2)c1. The van der Waals surface area contributed by atoms with Gasteiger partial charge in [-0.3, -0.25) is 4.79 Å². The number of nitrogens with one attached hydrogen (secondary N) is 1. The zero-order chi connectivity index (χ0) is 17.4. The molecular formula is C18H23N3O2S. The third-order valence-corrected chi connectivity index (χ3v) is 4.41. The topological polar surface area (TPSA) is 64.1 Å². The Balaban J connectivity index is 1.64. The van der Waals surface area contributed by atoms with E-state index in [9.17, 15) is 4.79 Å². The van der Waals surface area contributed by atoms with E-state index < -0.39 is 0 Å². The van der Waals surface area contributed by atoms with Crippen molar-refractivity contribution in [2.45, 2.75) is 32.3 Å². The second kappa shape index (κ2) is 9.27. The van der Waals surface area contributed by atoms with Crippen LogP contribution in [-0.2, 0) is 4.79 Å². The molecule has 2 rings (SSSR count). The summed E-state index contributed by atoms with van der Waals surface area (Å²) >= 11 is 1.33. The van der Waals surface area contributed by atoms with Gasteiger partial charge in [-0.25, -0.2) is 9.97 Å². The molecule has 0 aliphatic rings. The van der Waals surface area contributed by atoms with Crippen molar-refractivity contribution in [3.8, 4) is 5.75 Å². The van der Waals surface area contributed by atoms with E-state index in [-0.39, 0.29) is 5.91 Å². The van der Waals surface area contributed by atoms with Crippen LogP contribution in [0.3, 0.4) is 0 Å². The van der Waals surface area contributed by atoms with Crippen molar-refractivity contribution in [2.24, 2.45) is 0 Å². The molecule has 0 bridgehead atoms. The minimum atomic E-state index is -0.0185. The van der Waals surface area contributed by atoms with Crippen molar-refractivity contribution in [2.75, 3.05) is 18.9 Å². The van der Waals surface area contributed by atoms with Crippen LogP contribution in [-0.4, -0.2) is 34.8 Å². The minimum Gasteiger partial charge on any atom is -0.493 e. The van der Waals surface area contributed by atoms with E-state index in [1.807, 2.05) is 0 Å². The van der Waals surface area contributed by atoms with E-state index in [0.29, 0.717) is 24.1 Å². The summed E-state index contributed by atoms with van der Waals surface area (Å²) in [6.45, 7) is 7.39. The number of aromatic nitrogens is 2. The van der Waals surface area contributed by atoms with E-state index in [1.165, 1.54) is 28.5 Å². The lowest BCUT2D eigenvalue weighted by Crippen LogP contribution is -2.27. The molecule has 5 nitrogen and oxygen atoms in total. The van der Waals surface area contributed by atoms with Crippen LogP contribution >= 0.6 is 11.8 Å². The quantitative estimate of drug-likeness (QED) is 0.452. The summed E-state index contributed by atoms with van der Waals surface area (Å²) in [7, 11) is 0. The van der Waals surface area contributed by atoms with Gasteiger partial charge in [-0.05, 0) is 56.0 Å². The van der Waals surface area contributed by atoms with E-state index in [2.05, 4.69) is 48.2 Å². The van der Waals surface area contributed by atoms with Crippen LogP contribution in [0.15, 0.2) is 35.7 Å². The molecule has 6 heteroatoms. The number of aryl methyl sites for hydroxylation is 2. The molecule has 0 saturated carbocycles. The van der Waals surface area contributed by atoms with Crippen molar-refractivity contribution in [3.05, 3.63) is 47.3 Å². The van der Waals surface area contributed by atoms with Gasteiger partial charge in [-0.2, -0.15) is 0 Å². The third kappa shape index (κ3) is 5.85. The second-order valence-corrected chi connectivity index (χ2v) is 6.52. The van der Waals surface area contributed by atoms with Crippen molar-refractivity contribution >= 4 is 17.7 Å². The summed E-state index contributed by atoms with van der Waals surface area (Å²) in [5.74, 6) is 1.23. The number of ether oxygens (including phenoxy) is 1. The molecule has 0 aliphatic heterocycles. The third-order valence-electron chi connectivity index (χ3n) is 3.54. The molecule has 0 aliphatic carbocycles. The highest BCUT2D eigenvalue weighted by Crippen LogP contribution is 2.23. The lowest BCUT2D eigenvalue weighted by molar-refractivity contribution is -0.118. The first-order valence-corrected chi connectivity index (χ1v) is 8.92. The van der Waals surface area contributed by atoms with Gasteiger partial charge in [0.15, 0.2) is 5.16 Å². The number of hydrogen-bond donors (Lipinski definition) is 1. The largest absolute Gasteiger partial charge is 0.493 e. The van der Waals surface area contributed by atoms with Gasteiger partial charge in [0.25, 0.3) is 0 Å². The van der Waals surface area contributed by atoms with Crippen LogP contribution in [0.1, 0.15) is 23.1 Å². The smallest absolute Gasteiger partial charge is 0.230 e. The Morgan fingerprint density at radius 2 is 1.96 bits per heavy atom. The van der Waals surface area contributed by atoms with Gasteiger partial charge in [0.1, 0.15) is 5.75 Å². The number of hydrogen-bond acceptors (Lipinski definition) is 5. The van der Waals surface area contributed by atoms with Gasteiger partial charge < -0.3 is 10.1 Å². The maximum absolute atomic E-state index is 11.8. The van der Waals surface area contributed by atoms with E-state index >= 15 is 0 Å². The predicted molar refractivity (Wildman–Crippen MR) is 96.5 cm³/mol. The van der Waals surface area contributed by atoms with Crippen LogP contribution < -0.4 is 10.1 Å². The van der Waals surface area contributed by atoms with Crippen LogP contribution in [0.2, 0.25) is 0 Å². The number of rotatable bonds is 8. The average Bonchev–Trinajstić information content (AvgIpc) is 2.57. The van der Waals surface area contributed by atoms with Gasteiger partial charge in [0.2, 0.25) is 5.91 Å². The van der Waals surface area contributed by atoms with Crippen molar-refractivity contribution in [1.29, 1.82) is 0 Å². The number of thioether (sulfide) groups is 1. The zero-order valence-electron chi connectivity index (χ0n) is 14.3. The molecule has 0 radical (unpaired) electrons. The van der Waals surface area contributed by atoms with Crippen molar-refractivity contribution in [1.82, 2.24) is 15.3 Å². The molecule has 0 fully saturated rings. The van der Waals surface area contributed by atoms with Gasteiger partial charge >= 0.3 is 0 Å². The molecular weight excluding hydrogens is 322 g/mol. The van der Waals surface area contributed by atoms with Crippen molar-refractivity contribution in [3.63, 3.8) is 0 Å². The molecule has 1 N–H and O–H groups in total. The van der Waals surface area contributed by atoms with Gasteiger partial charge in [0.05, 0.1) is 12.4 Å². The Bertz CT molecular complexity index is 677. The van der Waals surface area contributed by atoms with Crippen LogP contribution in [0.25, 0.3) is 0 Å². The summed E-state index contributed by atoms with van der Waals surface area (Å²) in [4.78, 5) is 19.9. The second-order valence-electron chi connectivity index (χ2n) is 5.58. The molecule has 1 amide bonds. The molecule has 1 aromatic carbocycles. The molecule has 2 aromatic rings. The van der Waals surface area contributed by atoms with Crippen LogP contribution in [0.5, 0.6) is 5.75 Å². The zero-order valence-corrected chi connectivity index (χ0v) is 15.2. The molecule has 128 valence electrons. The molecule has 0 atom stereocenters. The molecule has 24 heavy (non-hydrogen) atoms. The lowest BCUT2D eigenvalue weighted by atomic mass is 10.1. The summed E-state index contributed by atoms with van der Waals surface area (Å²) in [5, 5.41) is 3.49. The van der Waals surface area contributed by atoms with Gasteiger partial charge in [-0.1, -0.05) is 17.8 Å². The minimum absolute atomic E-state index is 0.0185. The number of nitrogens with zero attached hydrogens (tertiary/aromatic N) is 2. The number of carbonyl (C=O) groups is 1. The van der Waals surface area contributed by atoms with Gasteiger partial charge in [0, 0.05) is 18.9 Å². The highest BCUT2D eigenvalue weighted by molar-refractivity contribution is 7.99. The Morgan fingerprint density at radius 1 is 1.21 bits per heavy atom. The van der Waals surface area contributed by atoms with E-state index in [4.69, 9.17) is 4.74 Å². The van der Waals surface area contributed by atoms with E-state index in [1.54, 1.807) is 18.5 Å². The molecule has 0 spiro atoms. The first-order chi connectivity index (χ1) is 11.6. The normalized spacial score (nSPS) is 10.5. The number of benzene rings is 1. The maximum Gasteiger partial charge on any atom is 0.230 e. The predicted octanol–water partition coefficient (Wildman–Crippen LogP) is 3.08. The first kappa shape index (κ1) is 18.3. The fraction of sp³-hybridized carbons (Fsp3) is 0.389. The molecule has 0 saturated heterocycles. The van der Waals surface area contributed by atoms with Crippen molar-refractivity contribution < 1.29 is 9.53 Å². The Morgan fingerprint density at radius 3 is 2.71 bits per heavy atom. The first-order valence-electron chi connectivity index (χ1n) is 7.93. The molecule has 0 unspecified atom stereocenters. The van der Waals surface area contributed by atoms with Crippen LogP contribution in [0, 0.1) is 20.8 Å². The summed E-state index contributed by atoms with van der Waals surface area (Å²) in [6.07, 6.45) is 4.10. The van der Waals surface area contributed by atoms with E-state index in [0.717, 1.165) is 12.2 Å². The highest BCUT2D eigenvalue weighted by atomic mass is 32.2. The average molecular weight is 345 g/mol. The summed E-state index contributed by atoms with van der Waals surface area (Å²) in [5.41, 5.74) is 3.60. The number of carbonyl (C=O) groups excluding carboxylic acids is 1. The number of amides is 1. The highest BCUT2D eigenvalue weighted by Gasteiger charge is 2.05. The summed E-state index contributed by atoms with van der Waals surface area (Å²) in [6, 6.07) is 5.95. The Labute approximate surface area is 147 Å². The molecule has 1 aromatic heterocycles. The van der Waals surface area contributed by atoms with Crippen LogP contribution in [0.4, 0.5) is 0 Å². The Kier molecular flexibility index (Phi) is 7.06.